The molecule has 20 heavy (non-hydrogen) atoms. The van der Waals surface area contributed by atoms with Gasteiger partial charge in [-0.1, -0.05) is 6.92 Å². The highest BCUT2D eigenvalue weighted by Crippen LogP contribution is 2.43. The summed E-state index contributed by atoms with van der Waals surface area (Å²) in [6.07, 6.45) is -1.96. The first kappa shape index (κ1) is 13.5. The zero-order valence-electron chi connectivity index (χ0n) is 11.0. The average Bonchev–Trinajstić information content (AvgIpc) is 2.90. The van der Waals surface area contributed by atoms with Crippen LogP contribution in [-0.4, -0.2) is 28.3 Å². The topological polar surface area (TPSA) is 57.8 Å². The first-order valence-electron chi connectivity index (χ1n) is 6.75. The standard InChI is InChI=1S/C13H16F3N3O/c1-6-2-8(6)12(20)18-7-3-10(13(14,15)16)9-5-17-19-11(9)4-7/h5-8,10H,2-4H2,1H3,(H,17,19)(H,18,20)/t6-,7?,8+,10?/m0/s1. The van der Waals surface area contributed by atoms with Crippen LogP contribution in [0.25, 0.3) is 0 Å². The summed E-state index contributed by atoms with van der Waals surface area (Å²) in [5.74, 6) is -1.35. The van der Waals surface area contributed by atoms with E-state index in [1.807, 2.05) is 6.92 Å². The molecule has 1 aromatic heterocycles. The van der Waals surface area contributed by atoms with Crippen LogP contribution in [0.2, 0.25) is 0 Å². The Bertz CT molecular complexity index is 525. The number of fused-ring (bicyclic) bond motifs is 1. The van der Waals surface area contributed by atoms with Crippen molar-refractivity contribution in [2.45, 2.75) is 44.3 Å². The number of carbonyl (C=O) groups excluding carboxylic acids is 1. The van der Waals surface area contributed by atoms with Crippen LogP contribution >= 0.6 is 0 Å². The Hall–Kier alpha value is -1.53. The van der Waals surface area contributed by atoms with E-state index < -0.39 is 18.1 Å². The SMILES string of the molecule is C[C@H]1C[C@H]1C(=O)NC1Cc2[nH]ncc2C(C(F)(F)F)C1. The normalized spacial score (nSPS) is 32.6. The van der Waals surface area contributed by atoms with E-state index in [1.54, 1.807) is 0 Å². The van der Waals surface area contributed by atoms with E-state index >= 15 is 0 Å². The van der Waals surface area contributed by atoms with Crippen molar-refractivity contribution in [2.75, 3.05) is 0 Å². The van der Waals surface area contributed by atoms with E-state index in [0.29, 0.717) is 18.0 Å². The molecule has 7 heteroatoms. The van der Waals surface area contributed by atoms with Gasteiger partial charge in [-0.25, -0.2) is 0 Å². The smallest absolute Gasteiger partial charge is 0.353 e. The zero-order chi connectivity index (χ0) is 14.5. The molecule has 0 radical (unpaired) electrons. The van der Waals surface area contributed by atoms with Crippen LogP contribution in [-0.2, 0) is 11.2 Å². The van der Waals surface area contributed by atoms with Gasteiger partial charge in [-0.15, -0.1) is 0 Å². The highest BCUT2D eigenvalue weighted by molar-refractivity contribution is 5.81. The molecule has 0 aliphatic heterocycles. The highest BCUT2D eigenvalue weighted by Gasteiger charge is 2.47. The van der Waals surface area contributed by atoms with Crippen molar-refractivity contribution in [3.63, 3.8) is 0 Å². The Morgan fingerprint density at radius 2 is 2.15 bits per heavy atom. The van der Waals surface area contributed by atoms with Crippen molar-refractivity contribution in [2.24, 2.45) is 11.8 Å². The molecular weight excluding hydrogens is 271 g/mol. The third-order valence-electron chi connectivity index (χ3n) is 4.29. The molecular formula is C13H16F3N3O. The second-order valence-electron chi connectivity index (χ2n) is 5.86. The number of rotatable bonds is 2. The molecule has 1 heterocycles. The number of hydrogen-bond acceptors (Lipinski definition) is 2. The lowest BCUT2D eigenvalue weighted by Crippen LogP contribution is -2.43. The van der Waals surface area contributed by atoms with E-state index in [1.165, 1.54) is 6.20 Å². The minimum Gasteiger partial charge on any atom is -0.353 e. The lowest BCUT2D eigenvalue weighted by Gasteiger charge is -2.30. The van der Waals surface area contributed by atoms with Crippen molar-refractivity contribution in [1.29, 1.82) is 0 Å². The van der Waals surface area contributed by atoms with Gasteiger partial charge in [0.25, 0.3) is 0 Å². The molecule has 2 aliphatic rings. The number of nitrogens with one attached hydrogen (secondary N) is 2. The number of hydrogen-bond donors (Lipinski definition) is 2. The van der Waals surface area contributed by atoms with Gasteiger partial charge in [0.1, 0.15) is 0 Å². The molecule has 1 fully saturated rings. The Balaban J connectivity index is 1.74. The van der Waals surface area contributed by atoms with Crippen molar-refractivity contribution in [3.05, 3.63) is 17.5 Å². The summed E-state index contributed by atoms with van der Waals surface area (Å²) >= 11 is 0. The fourth-order valence-corrected chi connectivity index (χ4v) is 2.94. The molecule has 1 aromatic rings. The zero-order valence-corrected chi connectivity index (χ0v) is 11.0. The average molecular weight is 287 g/mol. The fourth-order valence-electron chi connectivity index (χ4n) is 2.94. The summed E-state index contributed by atoms with van der Waals surface area (Å²) in [7, 11) is 0. The quantitative estimate of drug-likeness (QED) is 0.875. The maximum atomic E-state index is 13.1. The highest BCUT2D eigenvalue weighted by atomic mass is 19.4. The van der Waals surface area contributed by atoms with Gasteiger partial charge >= 0.3 is 6.18 Å². The number of aromatic amines is 1. The van der Waals surface area contributed by atoms with Gasteiger partial charge in [-0.2, -0.15) is 18.3 Å². The van der Waals surface area contributed by atoms with Crippen molar-refractivity contribution < 1.29 is 18.0 Å². The Labute approximate surface area is 114 Å². The molecule has 4 atom stereocenters. The molecule has 0 aromatic carbocycles. The number of alkyl halides is 3. The number of H-pyrrole nitrogens is 1. The summed E-state index contributed by atoms with van der Waals surface area (Å²) in [6, 6.07) is -0.477. The molecule has 0 spiro atoms. The van der Waals surface area contributed by atoms with E-state index in [2.05, 4.69) is 15.5 Å². The number of carbonyl (C=O) groups is 1. The van der Waals surface area contributed by atoms with Crippen LogP contribution < -0.4 is 5.32 Å². The Kier molecular flexibility index (Phi) is 3.02. The molecule has 2 N–H and O–H groups in total. The van der Waals surface area contributed by atoms with Crippen LogP contribution in [0.15, 0.2) is 6.20 Å². The molecule has 0 bridgehead atoms. The molecule has 110 valence electrons. The molecule has 0 saturated heterocycles. The summed E-state index contributed by atoms with van der Waals surface area (Å²) < 4.78 is 39.3. The minimum absolute atomic E-state index is 0.0255. The van der Waals surface area contributed by atoms with Gasteiger partial charge in [-0.05, 0) is 18.8 Å². The van der Waals surface area contributed by atoms with Crippen molar-refractivity contribution in [1.82, 2.24) is 15.5 Å². The largest absolute Gasteiger partial charge is 0.395 e. The maximum absolute atomic E-state index is 13.1. The van der Waals surface area contributed by atoms with Crippen LogP contribution in [0.4, 0.5) is 13.2 Å². The summed E-state index contributed by atoms with van der Waals surface area (Å²) in [5, 5.41) is 9.08. The Morgan fingerprint density at radius 3 is 2.75 bits per heavy atom. The number of halogens is 3. The van der Waals surface area contributed by atoms with Crippen LogP contribution in [0.5, 0.6) is 0 Å². The second kappa shape index (κ2) is 4.49. The van der Waals surface area contributed by atoms with E-state index in [0.717, 1.165) is 6.42 Å². The van der Waals surface area contributed by atoms with E-state index in [4.69, 9.17) is 0 Å². The predicted octanol–water partition coefficient (Wildman–Crippen LogP) is 2.14. The second-order valence-corrected chi connectivity index (χ2v) is 5.86. The lowest BCUT2D eigenvalue weighted by molar-refractivity contribution is -0.155. The molecule has 2 aliphatic carbocycles. The number of nitrogens with zero attached hydrogens (tertiary/aromatic N) is 1. The first-order chi connectivity index (χ1) is 9.36. The molecule has 1 amide bonds. The minimum atomic E-state index is -4.31. The summed E-state index contributed by atoms with van der Waals surface area (Å²) in [5.41, 5.74) is 0.690. The van der Waals surface area contributed by atoms with Gasteiger partial charge in [0.15, 0.2) is 0 Å². The van der Waals surface area contributed by atoms with Crippen molar-refractivity contribution >= 4 is 5.91 Å². The molecule has 1 saturated carbocycles. The maximum Gasteiger partial charge on any atom is 0.395 e. The van der Waals surface area contributed by atoms with Gasteiger partial charge in [0, 0.05) is 29.6 Å². The molecule has 4 nitrogen and oxygen atoms in total. The van der Waals surface area contributed by atoms with E-state index in [-0.39, 0.29) is 23.8 Å². The van der Waals surface area contributed by atoms with Crippen LogP contribution in [0, 0.1) is 11.8 Å². The Morgan fingerprint density at radius 1 is 1.45 bits per heavy atom. The molecule has 2 unspecified atom stereocenters. The van der Waals surface area contributed by atoms with Gasteiger partial charge < -0.3 is 5.32 Å². The van der Waals surface area contributed by atoms with Crippen LogP contribution in [0.3, 0.4) is 0 Å². The predicted molar refractivity (Wildman–Crippen MR) is 64.9 cm³/mol. The third kappa shape index (κ3) is 2.41. The van der Waals surface area contributed by atoms with Gasteiger partial charge in [0.05, 0.1) is 12.1 Å². The number of aromatic nitrogens is 2. The van der Waals surface area contributed by atoms with Crippen molar-refractivity contribution in [3.8, 4) is 0 Å². The van der Waals surface area contributed by atoms with Gasteiger partial charge in [0.2, 0.25) is 5.91 Å². The third-order valence-corrected chi connectivity index (χ3v) is 4.29. The number of amides is 1. The summed E-state index contributed by atoms with van der Waals surface area (Å²) in [4.78, 5) is 11.9. The first-order valence-corrected chi connectivity index (χ1v) is 6.75. The van der Waals surface area contributed by atoms with Crippen LogP contribution in [0.1, 0.15) is 36.9 Å². The lowest BCUT2D eigenvalue weighted by atomic mass is 9.83. The monoisotopic (exact) mass is 287 g/mol. The fraction of sp³-hybridized carbons (Fsp3) is 0.692. The van der Waals surface area contributed by atoms with Gasteiger partial charge in [-0.3, -0.25) is 9.89 Å². The molecule has 3 rings (SSSR count). The summed E-state index contributed by atoms with van der Waals surface area (Å²) in [6.45, 7) is 1.97. The van der Waals surface area contributed by atoms with E-state index in [9.17, 15) is 18.0 Å².